The Morgan fingerprint density at radius 3 is 1.36 bits per heavy atom. The van der Waals surface area contributed by atoms with Crippen LogP contribution in [-0.4, -0.2) is 215 Å². The highest BCUT2D eigenvalue weighted by Gasteiger charge is 2.60. The van der Waals surface area contributed by atoms with Gasteiger partial charge < -0.3 is 100 Å². The predicted molar refractivity (Wildman–Crippen MR) is 375 cm³/mol. The van der Waals surface area contributed by atoms with E-state index in [4.69, 9.17) is 28.4 Å². The van der Waals surface area contributed by atoms with Crippen molar-refractivity contribution in [3.05, 3.63) is 12.2 Å². The van der Waals surface area contributed by atoms with E-state index in [1.807, 2.05) is 6.08 Å². The number of aliphatic hydroxyl groups excluding tert-OH is 11. The Morgan fingerprint density at radius 2 is 0.949 bits per heavy atom. The molecule has 0 saturated carbocycles. The van der Waals surface area contributed by atoms with Gasteiger partial charge in [-0.15, -0.1) is 0 Å². The average Bonchev–Trinajstić information content (AvgIpc) is 0.755. The number of carbonyl (C=O) groups is 3. The van der Waals surface area contributed by atoms with Gasteiger partial charge in [-0.2, -0.15) is 0 Å². The number of carboxylic acid groups (broad SMARTS) is 1. The Balaban J connectivity index is 1.55. The van der Waals surface area contributed by atoms with Crippen molar-refractivity contribution in [1.82, 2.24) is 10.6 Å². The minimum atomic E-state index is -3.08. The molecule has 14 N–H and O–H groups in total. The molecule has 23 heteroatoms. The van der Waals surface area contributed by atoms with E-state index in [9.17, 15) is 75.7 Å². The first-order valence-corrected chi connectivity index (χ1v) is 39.1. The largest absolute Gasteiger partial charge is 0.477 e. The van der Waals surface area contributed by atoms with Gasteiger partial charge in [-0.05, 0) is 19.3 Å². The van der Waals surface area contributed by atoms with Gasteiger partial charge in [-0.25, -0.2) is 4.79 Å². The van der Waals surface area contributed by atoms with Crippen LogP contribution >= 0.6 is 0 Å². The quantitative estimate of drug-likeness (QED) is 0.0199. The monoisotopic (exact) mass is 1400 g/mol. The summed E-state index contributed by atoms with van der Waals surface area (Å²) in [6, 6.07) is -2.62. The summed E-state index contributed by atoms with van der Waals surface area (Å²) in [6.07, 6.45) is 28.1. The van der Waals surface area contributed by atoms with Crippen LogP contribution in [0.15, 0.2) is 12.2 Å². The molecule has 0 aromatic rings. The van der Waals surface area contributed by atoms with Crippen LogP contribution in [0, 0.1) is 0 Å². The number of unbranched alkanes of at least 4 members (excludes halogenated alkanes) is 41. The molecule has 18 unspecified atom stereocenters. The summed E-state index contributed by atoms with van der Waals surface area (Å²) in [5.74, 6) is -6.13. The molecule has 2 amide bonds. The van der Waals surface area contributed by atoms with Gasteiger partial charge in [0.05, 0.1) is 50.7 Å². The second-order valence-electron chi connectivity index (χ2n) is 28.6. The second kappa shape index (κ2) is 55.0. The summed E-state index contributed by atoms with van der Waals surface area (Å²) >= 11 is 0. The molecule has 3 saturated heterocycles. The molecule has 0 radical (unpaired) electrons. The van der Waals surface area contributed by atoms with Crippen LogP contribution in [0.1, 0.15) is 310 Å². The molecule has 3 heterocycles. The number of nitrogens with one attached hydrogen (secondary N) is 2. The molecule has 3 aliphatic heterocycles. The van der Waals surface area contributed by atoms with E-state index in [2.05, 4.69) is 24.5 Å². The molecule has 0 spiro atoms. The number of hydrogen-bond donors (Lipinski definition) is 14. The number of rotatable bonds is 61. The third kappa shape index (κ3) is 35.8. The number of amides is 2. The van der Waals surface area contributed by atoms with Crippen molar-refractivity contribution in [2.45, 2.75) is 420 Å². The first kappa shape index (κ1) is 89.7. The van der Waals surface area contributed by atoms with Crippen LogP contribution in [0.25, 0.3) is 0 Å². The molecule has 0 aromatic carbocycles. The van der Waals surface area contributed by atoms with Gasteiger partial charge in [0.15, 0.2) is 12.6 Å². The third-order valence-electron chi connectivity index (χ3n) is 20.0. The zero-order valence-electron chi connectivity index (χ0n) is 60.7. The van der Waals surface area contributed by atoms with E-state index in [-0.39, 0.29) is 12.3 Å². The predicted octanol–water partition coefficient (Wildman–Crippen LogP) is 9.41. The van der Waals surface area contributed by atoms with Gasteiger partial charge in [0, 0.05) is 19.8 Å². The third-order valence-corrected chi connectivity index (χ3v) is 20.0. The lowest BCUT2D eigenvalue weighted by Gasteiger charge is -2.50. The van der Waals surface area contributed by atoms with E-state index >= 15 is 0 Å². The molecule has 576 valence electrons. The van der Waals surface area contributed by atoms with Crippen molar-refractivity contribution in [2.24, 2.45) is 0 Å². The highest BCUT2D eigenvalue weighted by molar-refractivity contribution is 5.77. The average molecular weight is 1410 g/mol. The van der Waals surface area contributed by atoms with E-state index < -0.39 is 155 Å². The lowest BCUT2D eigenvalue weighted by Crippen LogP contribution is -2.70. The molecular weight excluding hydrogens is 1260 g/mol. The van der Waals surface area contributed by atoms with Crippen molar-refractivity contribution in [1.29, 1.82) is 0 Å². The minimum Gasteiger partial charge on any atom is -0.477 e. The van der Waals surface area contributed by atoms with Crippen LogP contribution in [0.3, 0.4) is 0 Å². The van der Waals surface area contributed by atoms with Gasteiger partial charge in [0.2, 0.25) is 11.8 Å². The molecule has 23 nitrogen and oxygen atoms in total. The summed E-state index contributed by atoms with van der Waals surface area (Å²) in [7, 11) is 0. The molecule has 3 aliphatic rings. The van der Waals surface area contributed by atoms with Gasteiger partial charge >= 0.3 is 5.97 Å². The van der Waals surface area contributed by atoms with Crippen LogP contribution < -0.4 is 10.6 Å². The van der Waals surface area contributed by atoms with Crippen LogP contribution in [0.4, 0.5) is 0 Å². The van der Waals surface area contributed by atoms with Gasteiger partial charge in [-0.1, -0.05) is 283 Å². The fraction of sp³-hybridized carbons (Fsp3) is 0.933. The maximum Gasteiger partial charge on any atom is 0.364 e. The van der Waals surface area contributed by atoms with Crippen molar-refractivity contribution in [2.75, 3.05) is 26.4 Å². The molecule has 0 aromatic heterocycles. The van der Waals surface area contributed by atoms with Crippen LogP contribution in [0.2, 0.25) is 0 Å². The van der Waals surface area contributed by atoms with E-state index in [1.54, 1.807) is 6.08 Å². The number of hydrogen-bond acceptors (Lipinski definition) is 20. The van der Waals surface area contributed by atoms with Crippen LogP contribution in [0.5, 0.6) is 0 Å². The van der Waals surface area contributed by atoms with E-state index in [0.29, 0.717) is 12.8 Å². The number of carboxylic acids is 1. The van der Waals surface area contributed by atoms with Crippen LogP contribution in [-0.2, 0) is 42.8 Å². The first-order valence-electron chi connectivity index (χ1n) is 39.1. The lowest BCUT2D eigenvalue weighted by atomic mass is 9.88. The zero-order chi connectivity index (χ0) is 71.8. The van der Waals surface area contributed by atoms with Gasteiger partial charge in [-0.3, -0.25) is 9.59 Å². The van der Waals surface area contributed by atoms with Crippen molar-refractivity contribution in [3.63, 3.8) is 0 Å². The first-order chi connectivity index (χ1) is 47.4. The smallest absolute Gasteiger partial charge is 0.364 e. The Hall–Kier alpha value is -2.53. The van der Waals surface area contributed by atoms with Gasteiger partial charge in [0.25, 0.3) is 5.79 Å². The Labute approximate surface area is 588 Å². The molecule has 3 fully saturated rings. The summed E-state index contributed by atoms with van der Waals surface area (Å²) in [5.41, 5.74) is 0. The molecule has 3 rings (SSSR count). The molecule has 0 aliphatic carbocycles. The minimum absolute atomic E-state index is 0.206. The Kier molecular flexibility index (Phi) is 50.4. The zero-order valence-corrected chi connectivity index (χ0v) is 60.7. The fourth-order valence-electron chi connectivity index (χ4n) is 13.8. The molecular formula is C75H140N2O21. The fourth-order valence-corrected chi connectivity index (χ4v) is 13.8. The highest BCUT2D eigenvalue weighted by Crippen LogP contribution is 2.39. The van der Waals surface area contributed by atoms with Crippen molar-refractivity contribution in [3.8, 4) is 0 Å². The van der Waals surface area contributed by atoms with E-state index in [0.717, 1.165) is 51.9 Å². The second-order valence-corrected chi connectivity index (χ2v) is 28.6. The van der Waals surface area contributed by atoms with Crippen molar-refractivity contribution >= 4 is 17.8 Å². The molecule has 0 bridgehead atoms. The number of carbonyl (C=O) groups excluding carboxylic acids is 2. The summed E-state index contributed by atoms with van der Waals surface area (Å²) < 4.78 is 34.9. The SMILES string of the molecule is CCCCCCCCCCCCCCCCCCCCC/C=C/C(O)C(COC1OC(CO)C(OC2OC(CO)C(O)C(OC3(C(=O)O)CC(O)C(NC(C)=O)C(C(O)C(O)CO)O3)C2O)C(O)C1O)NC(=O)CCCCCCCCCCCCCCCCCCCCCCCCC. The Bertz CT molecular complexity index is 2010. The molecule has 18 atom stereocenters. The van der Waals surface area contributed by atoms with Gasteiger partial charge in [0.1, 0.15) is 67.1 Å². The topological polar surface area (TPSA) is 373 Å². The highest BCUT2D eigenvalue weighted by atomic mass is 16.8. The maximum absolute atomic E-state index is 13.5. The number of aliphatic carboxylic acids is 1. The summed E-state index contributed by atoms with van der Waals surface area (Å²) in [4.78, 5) is 38.7. The summed E-state index contributed by atoms with van der Waals surface area (Å²) in [5, 5.41) is 136. The maximum atomic E-state index is 13.5. The van der Waals surface area contributed by atoms with Crippen molar-refractivity contribution < 1.29 is 104 Å². The Morgan fingerprint density at radius 1 is 0.531 bits per heavy atom. The number of aliphatic hydroxyl groups is 11. The standard InChI is InChI=1S/C75H140N2O21/c1-4-6-8-10-12-14-16-18-20-22-24-26-27-29-31-33-35-37-39-41-43-45-47-49-62(85)77-56(57(82)48-46-44-42-40-38-36-34-32-30-28-25-23-21-19-17-15-13-11-9-7-5-2)54-93-72-67(89)66(88)69(61(53-80)95-72)96-73-68(90)71(65(87)60(52-79)94-73)98-75(74(91)92)50-58(83)63(76-55(3)81)70(97-75)64(86)59(84)51-78/h46,48,56-61,63-73,78-80,82-84,86-90H,4-45,47,49-54H2,1-3H3,(H,76,81)(H,77,85)(H,91,92)/b48-46+. The number of allylic oxidation sites excluding steroid dienone is 1. The molecule has 98 heavy (non-hydrogen) atoms. The van der Waals surface area contributed by atoms with E-state index in [1.165, 1.54) is 218 Å². The lowest BCUT2D eigenvalue weighted by molar-refractivity contribution is -0.386. The normalized spacial score (nSPS) is 27.3. The summed E-state index contributed by atoms with van der Waals surface area (Å²) in [6.45, 7) is 2.19. The number of ether oxygens (including phenoxy) is 6.